The maximum Gasteiger partial charge on any atom is 0.243 e. The smallest absolute Gasteiger partial charge is 0.207 e. The summed E-state index contributed by atoms with van der Waals surface area (Å²) in [6, 6.07) is 17.2. The zero-order valence-electron chi connectivity index (χ0n) is 15.8. The number of rotatable bonds is 4. The van der Waals surface area contributed by atoms with Gasteiger partial charge in [0.25, 0.3) is 0 Å². The van der Waals surface area contributed by atoms with Gasteiger partial charge in [-0.05, 0) is 31.5 Å². The predicted octanol–water partition coefficient (Wildman–Crippen LogP) is 3.88. The van der Waals surface area contributed by atoms with Crippen molar-refractivity contribution < 1.29 is 8.42 Å². The Bertz CT molecular complexity index is 1060. The molecule has 28 heavy (non-hydrogen) atoms. The molecule has 2 atom stereocenters. The number of benzene rings is 2. The van der Waals surface area contributed by atoms with Crippen LogP contribution in [0.2, 0.25) is 0 Å². The number of nitrogens with zero attached hydrogens (tertiary/aromatic N) is 3. The lowest BCUT2D eigenvalue weighted by molar-refractivity contribution is 0.327. The Labute approximate surface area is 166 Å². The predicted molar refractivity (Wildman–Crippen MR) is 106 cm³/mol. The molecule has 0 amide bonds. The van der Waals surface area contributed by atoms with Crippen molar-refractivity contribution in [3.8, 4) is 12.1 Å². The fourth-order valence-corrected chi connectivity index (χ4v) is 5.38. The van der Waals surface area contributed by atoms with E-state index in [1.54, 1.807) is 36.4 Å². The van der Waals surface area contributed by atoms with E-state index in [0.29, 0.717) is 5.56 Å². The van der Waals surface area contributed by atoms with Crippen LogP contribution in [0.1, 0.15) is 22.7 Å². The van der Waals surface area contributed by atoms with Gasteiger partial charge in [-0.1, -0.05) is 53.6 Å². The molecule has 0 saturated carbocycles. The molecule has 2 aromatic carbocycles. The van der Waals surface area contributed by atoms with Gasteiger partial charge >= 0.3 is 0 Å². The second kappa shape index (κ2) is 7.24. The molecule has 1 heterocycles. The van der Waals surface area contributed by atoms with Crippen LogP contribution in [0.15, 0.2) is 66.1 Å². The van der Waals surface area contributed by atoms with Crippen LogP contribution in [0.25, 0.3) is 0 Å². The molecule has 1 aliphatic rings. The molecule has 6 heteroatoms. The third-order valence-electron chi connectivity index (χ3n) is 5.36. The van der Waals surface area contributed by atoms with Crippen molar-refractivity contribution in [3.05, 3.63) is 77.9 Å². The zero-order chi connectivity index (χ0) is 20.5. The summed E-state index contributed by atoms with van der Waals surface area (Å²) in [4.78, 5) is 0.143. The van der Waals surface area contributed by atoms with E-state index in [2.05, 4.69) is 18.7 Å². The van der Waals surface area contributed by atoms with Crippen LogP contribution >= 0.6 is 0 Å². The molecule has 2 aromatic rings. The number of hydrogen-bond acceptors (Lipinski definition) is 4. The molecule has 142 valence electrons. The minimum Gasteiger partial charge on any atom is -0.207 e. The molecule has 0 aromatic heterocycles. The molecule has 0 bridgehead atoms. The Morgan fingerprint density at radius 3 is 2.00 bits per heavy atom. The minimum atomic E-state index is -3.91. The summed E-state index contributed by atoms with van der Waals surface area (Å²) in [6.45, 7) is 7.59. The van der Waals surface area contributed by atoms with Gasteiger partial charge in [-0.25, -0.2) is 8.42 Å². The molecule has 0 radical (unpaired) electrons. The largest absolute Gasteiger partial charge is 0.243 e. The molecular formula is C22H21N3O2S. The molecular weight excluding hydrogens is 370 g/mol. The average Bonchev–Trinajstić information content (AvgIpc) is 3.04. The first-order valence-corrected chi connectivity index (χ1v) is 10.3. The summed E-state index contributed by atoms with van der Waals surface area (Å²) in [7, 11) is -3.91. The number of aryl methyl sites for hydroxylation is 2. The summed E-state index contributed by atoms with van der Waals surface area (Å²) >= 11 is 0. The first-order valence-electron chi connectivity index (χ1n) is 8.90. The van der Waals surface area contributed by atoms with E-state index in [4.69, 9.17) is 0 Å². The van der Waals surface area contributed by atoms with Crippen LogP contribution in [0.4, 0.5) is 0 Å². The van der Waals surface area contributed by atoms with Gasteiger partial charge in [0.05, 0.1) is 23.1 Å². The highest BCUT2D eigenvalue weighted by Crippen LogP contribution is 2.52. The summed E-state index contributed by atoms with van der Waals surface area (Å²) in [6.07, 6.45) is 1.51. The third-order valence-corrected chi connectivity index (χ3v) is 7.20. The average molecular weight is 391 g/mol. The molecule has 0 spiro atoms. The van der Waals surface area contributed by atoms with Crippen molar-refractivity contribution in [2.75, 3.05) is 6.54 Å². The van der Waals surface area contributed by atoms with E-state index in [1.807, 2.05) is 26.0 Å². The Morgan fingerprint density at radius 1 is 1.04 bits per heavy atom. The van der Waals surface area contributed by atoms with E-state index in [9.17, 15) is 18.9 Å². The fraction of sp³-hybridized carbons (Fsp3) is 0.273. The molecule has 1 saturated heterocycles. The Morgan fingerprint density at radius 2 is 1.54 bits per heavy atom. The fourth-order valence-electron chi connectivity index (χ4n) is 3.71. The normalized spacial score (nSPS) is 21.6. The van der Waals surface area contributed by atoms with Gasteiger partial charge in [-0.3, -0.25) is 0 Å². The third kappa shape index (κ3) is 3.01. The van der Waals surface area contributed by atoms with Crippen molar-refractivity contribution in [2.45, 2.75) is 24.8 Å². The lowest BCUT2D eigenvalue weighted by Crippen LogP contribution is -2.35. The Balaban J connectivity index is 2.22. The van der Waals surface area contributed by atoms with Crippen molar-refractivity contribution in [3.63, 3.8) is 0 Å². The van der Waals surface area contributed by atoms with Gasteiger partial charge in [0.1, 0.15) is 0 Å². The lowest BCUT2D eigenvalue weighted by Gasteiger charge is -2.29. The topological polar surface area (TPSA) is 85.0 Å². The maximum absolute atomic E-state index is 13.5. The zero-order valence-corrected chi connectivity index (χ0v) is 16.6. The van der Waals surface area contributed by atoms with E-state index >= 15 is 0 Å². The van der Waals surface area contributed by atoms with Crippen LogP contribution in [-0.2, 0) is 10.0 Å². The van der Waals surface area contributed by atoms with Gasteiger partial charge < -0.3 is 0 Å². The van der Waals surface area contributed by atoms with Gasteiger partial charge in [-0.2, -0.15) is 14.8 Å². The highest BCUT2D eigenvalue weighted by molar-refractivity contribution is 7.89. The van der Waals surface area contributed by atoms with Crippen LogP contribution in [-0.4, -0.2) is 19.3 Å². The molecule has 1 aliphatic heterocycles. The molecule has 3 rings (SSSR count). The minimum absolute atomic E-state index is 0.0272. The monoisotopic (exact) mass is 391 g/mol. The van der Waals surface area contributed by atoms with Crippen molar-refractivity contribution in [2.24, 2.45) is 11.3 Å². The van der Waals surface area contributed by atoms with Gasteiger partial charge in [0, 0.05) is 12.5 Å². The van der Waals surface area contributed by atoms with Crippen LogP contribution in [0.5, 0.6) is 0 Å². The molecule has 5 nitrogen and oxygen atoms in total. The maximum atomic E-state index is 13.5. The van der Waals surface area contributed by atoms with Gasteiger partial charge in [-0.15, -0.1) is 6.58 Å². The number of nitriles is 2. The lowest BCUT2D eigenvalue weighted by atomic mass is 9.73. The SMILES string of the molecule is C=CC1CN(S(=O)(=O)c2ccc(C)cc2)[C@@H](c2ccc(C)cc2)C1(C#N)C#N. The van der Waals surface area contributed by atoms with Crippen LogP contribution < -0.4 is 0 Å². The molecule has 1 unspecified atom stereocenters. The summed E-state index contributed by atoms with van der Waals surface area (Å²) in [5.74, 6) is -0.603. The van der Waals surface area contributed by atoms with Crippen molar-refractivity contribution in [1.82, 2.24) is 4.31 Å². The number of hydrogen-bond donors (Lipinski definition) is 0. The quantitative estimate of drug-likeness (QED) is 0.740. The standard InChI is InChI=1S/C22H21N3O2S/c1-4-19-13-25(28(26,27)20-11-7-17(3)8-12-20)21(22(19,14-23)15-24)18-9-5-16(2)6-10-18/h4-12,19,21H,1,13H2,2-3H3/t19?,21-/m0/s1. The van der Waals surface area contributed by atoms with E-state index in [-0.39, 0.29) is 11.4 Å². The summed E-state index contributed by atoms with van der Waals surface area (Å²) in [5, 5.41) is 19.9. The first kappa shape index (κ1) is 19.8. The summed E-state index contributed by atoms with van der Waals surface area (Å²) in [5.41, 5.74) is 1.03. The summed E-state index contributed by atoms with van der Waals surface area (Å²) < 4.78 is 28.2. The van der Waals surface area contributed by atoms with Crippen molar-refractivity contribution >= 4 is 10.0 Å². The highest BCUT2D eigenvalue weighted by atomic mass is 32.2. The van der Waals surface area contributed by atoms with Crippen LogP contribution in [0.3, 0.4) is 0 Å². The first-order chi connectivity index (χ1) is 13.3. The molecule has 0 aliphatic carbocycles. The Hall–Kier alpha value is -2.93. The molecule has 0 N–H and O–H groups in total. The highest BCUT2D eigenvalue weighted by Gasteiger charge is 2.58. The second-order valence-corrected chi connectivity index (χ2v) is 9.03. The van der Waals surface area contributed by atoms with Gasteiger partial charge in [0.2, 0.25) is 10.0 Å². The van der Waals surface area contributed by atoms with Gasteiger partial charge in [0.15, 0.2) is 5.41 Å². The molecule has 1 fully saturated rings. The van der Waals surface area contributed by atoms with E-state index in [0.717, 1.165) is 11.1 Å². The Kier molecular flexibility index (Phi) is 5.12. The van der Waals surface area contributed by atoms with E-state index < -0.39 is 27.4 Å². The number of sulfonamides is 1. The van der Waals surface area contributed by atoms with E-state index in [1.165, 1.54) is 10.4 Å². The van der Waals surface area contributed by atoms with Crippen LogP contribution in [0, 0.1) is 47.8 Å². The second-order valence-electron chi connectivity index (χ2n) is 7.14. The van der Waals surface area contributed by atoms with Crippen molar-refractivity contribution in [1.29, 1.82) is 10.5 Å².